The molecule has 1 heterocycles. The summed E-state index contributed by atoms with van der Waals surface area (Å²) in [5.74, 6) is 0.244. The van der Waals surface area contributed by atoms with Crippen LogP contribution < -0.4 is 15.9 Å². The Bertz CT molecular complexity index is 862. The molecule has 7 nitrogen and oxygen atoms in total. The Labute approximate surface area is 149 Å². The predicted molar refractivity (Wildman–Crippen MR) is 101 cm³/mol. The van der Waals surface area contributed by atoms with E-state index in [1.165, 1.54) is 0 Å². The molecule has 3 N–H and O–H groups in total. The molecule has 8 heteroatoms. The first kappa shape index (κ1) is 16.6. The second-order valence-electron chi connectivity index (χ2n) is 5.07. The molecular formula is C17H15N5O2S. The number of hydrogen-bond donors (Lipinski definition) is 2. The Balaban J connectivity index is 1.92. The summed E-state index contributed by atoms with van der Waals surface area (Å²) in [6.07, 6.45) is 0. The fourth-order valence-electron chi connectivity index (χ4n) is 2.22. The van der Waals surface area contributed by atoms with Crippen molar-refractivity contribution in [3.05, 3.63) is 60.2 Å². The molecule has 25 heavy (non-hydrogen) atoms. The molecule has 0 saturated carbocycles. The normalized spacial score (nSPS) is 15.2. The van der Waals surface area contributed by atoms with Crippen LogP contribution >= 0.6 is 12.2 Å². The van der Waals surface area contributed by atoms with E-state index in [9.17, 15) is 4.79 Å². The molecule has 0 spiro atoms. The minimum atomic E-state index is -0.479. The van der Waals surface area contributed by atoms with Crippen molar-refractivity contribution in [1.82, 2.24) is 5.01 Å². The number of ether oxygens (including phenoxy) is 1. The summed E-state index contributed by atoms with van der Waals surface area (Å²) in [7, 11) is 1.59. The molecule has 1 amide bonds. The van der Waals surface area contributed by atoms with Gasteiger partial charge in [-0.1, -0.05) is 30.3 Å². The number of nitrogens with zero attached hydrogens (tertiary/aromatic N) is 3. The van der Waals surface area contributed by atoms with Crippen molar-refractivity contribution in [2.75, 3.05) is 12.5 Å². The first-order chi connectivity index (χ1) is 12.1. The van der Waals surface area contributed by atoms with Gasteiger partial charge >= 0.3 is 5.91 Å². The van der Waals surface area contributed by atoms with Crippen LogP contribution in [0.15, 0.2) is 64.8 Å². The molecule has 3 rings (SSSR count). The van der Waals surface area contributed by atoms with E-state index in [0.717, 1.165) is 16.3 Å². The number of rotatable bonds is 4. The Hall–Kier alpha value is -3.26. The average Bonchev–Trinajstić information content (AvgIpc) is 2.98. The summed E-state index contributed by atoms with van der Waals surface area (Å²) in [6, 6.07) is 16.4. The van der Waals surface area contributed by atoms with Crippen LogP contribution in [0.25, 0.3) is 0 Å². The van der Waals surface area contributed by atoms with Gasteiger partial charge in [-0.25, -0.2) is 0 Å². The van der Waals surface area contributed by atoms with E-state index >= 15 is 0 Å². The van der Waals surface area contributed by atoms with Crippen molar-refractivity contribution in [3.8, 4) is 5.75 Å². The molecule has 1 aliphatic heterocycles. The average molecular weight is 353 g/mol. The van der Waals surface area contributed by atoms with Crippen LogP contribution in [-0.2, 0) is 4.79 Å². The van der Waals surface area contributed by atoms with Gasteiger partial charge < -0.3 is 10.5 Å². The highest BCUT2D eigenvalue weighted by molar-refractivity contribution is 7.80. The summed E-state index contributed by atoms with van der Waals surface area (Å²) in [6.45, 7) is 0. The van der Waals surface area contributed by atoms with Gasteiger partial charge in [0.05, 0.1) is 12.8 Å². The van der Waals surface area contributed by atoms with Gasteiger partial charge in [0.25, 0.3) is 0 Å². The van der Waals surface area contributed by atoms with Crippen LogP contribution in [0.4, 0.5) is 5.69 Å². The molecule has 2 aromatic rings. The second-order valence-corrected chi connectivity index (χ2v) is 5.49. The Morgan fingerprint density at radius 2 is 1.88 bits per heavy atom. The van der Waals surface area contributed by atoms with Crippen molar-refractivity contribution in [2.45, 2.75) is 0 Å². The molecule has 1 aliphatic rings. The first-order valence-corrected chi connectivity index (χ1v) is 7.77. The molecule has 0 unspecified atom stereocenters. The maximum Gasteiger partial charge on any atom is 0.303 e. The Morgan fingerprint density at radius 3 is 2.48 bits per heavy atom. The van der Waals surface area contributed by atoms with Gasteiger partial charge in [-0.15, -0.1) is 0 Å². The van der Waals surface area contributed by atoms with Gasteiger partial charge in [-0.2, -0.15) is 15.2 Å². The van der Waals surface area contributed by atoms with Crippen LogP contribution in [0.5, 0.6) is 5.75 Å². The molecular weight excluding hydrogens is 338 g/mol. The maximum atomic E-state index is 12.5. The highest BCUT2D eigenvalue weighted by atomic mass is 32.1. The highest BCUT2D eigenvalue weighted by Crippen LogP contribution is 2.17. The minimum Gasteiger partial charge on any atom is -0.497 e. The largest absolute Gasteiger partial charge is 0.497 e. The lowest BCUT2D eigenvalue weighted by Gasteiger charge is -2.07. The zero-order valence-corrected chi connectivity index (χ0v) is 14.2. The van der Waals surface area contributed by atoms with Gasteiger partial charge in [0.15, 0.2) is 10.8 Å². The summed E-state index contributed by atoms with van der Waals surface area (Å²) in [4.78, 5) is 12.5. The maximum absolute atomic E-state index is 12.5. The SMILES string of the molecule is COc1ccc(N/N=C2/C(=O)N(C(N)=S)N=C2c2ccccc2)cc1. The first-order valence-electron chi connectivity index (χ1n) is 7.36. The van der Waals surface area contributed by atoms with Crippen LogP contribution in [0, 0.1) is 0 Å². The van der Waals surface area contributed by atoms with E-state index in [-0.39, 0.29) is 10.8 Å². The smallest absolute Gasteiger partial charge is 0.303 e. The Morgan fingerprint density at radius 1 is 1.20 bits per heavy atom. The minimum absolute atomic E-state index is 0.131. The van der Waals surface area contributed by atoms with Crippen molar-refractivity contribution in [2.24, 2.45) is 15.9 Å². The van der Waals surface area contributed by atoms with E-state index in [2.05, 4.69) is 15.6 Å². The zero-order chi connectivity index (χ0) is 17.8. The van der Waals surface area contributed by atoms with Crippen LogP contribution in [-0.4, -0.2) is 34.6 Å². The number of hydrogen-bond acceptors (Lipinski definition) is 6. The Kier molecular flexibility index (Phi) is 4.71. The van der Waals surface area contributed by atoms with E-state index in [0.29, 0.717) is 11.4 Å². The summed E-state index contributed by atoms with van der Waals surface area (Å²) in [5, 5.41) is 9.25. The third kappa shape index (κ3) is 3.48. The lowest BCUT2D eigenvalue weighted by Crippen LogP contribution is -2.36. The van der Waals surface area contributed by atoms with Gasteiger partial charge in [-0.3, -0.25) is 10.2 Å². The van der Waals surface area contributed by atoms with Crippen LogP contribution in [0.3, 0.4) is 0 Å². The fraction of sp³-hybridized carbons (Fsp3) is 0.0588. The van der Waals surface area contributed by atoms with E-state index in [1.807, 2.05) is 30.3 Å². The molecule has 0 saturated heterocycles. The topological polar surface area (TPSA) is 92.3 Å². The molecule has 2 aromatic carbocycles. The molecule has 0 radical (unpaired) electrons. The number of nitrogens with one attached hydrogen (secondary N) is 1. The lowest BCUT2D eigenvalue weighted by atomic mass is 10.1. The van der Waals surface area contributed by atoms with Crippen molar-refractivity contribution in [1.29, 1.82) is 0 Å². The number of anilines is 1. The van der Waals surface area contributed by atoms with E-state index in [1.54, 1.807) is 31.4 Å². The monoisotopic (exact) mass is 353 g/mol. The number of hydrazone groups is 2. The second kappa shape index (κ2) is 7.10. The fourth-order valence-corrected chi connectivity index (χ4v) is 2.34. The highest BCUT2D eigenvalue weighted by Gasteiger charge is 2.34. The molecule has 0 atom stereocenters. The molecule has 0 bridgehead atoms. The summed E-state index contributed by atoms with van der Waals surface area (Å²) in [5.41, 5.74) is 10.4. The van der Waals surface area contributed by atoms with Crippen molar-refractivity contribution < 1.29 is 9.53 Å². The third-order valence-electron chi connectivity index (χ3n) is 3.46. The number of carbonyl (C=O) groups excluding carboxylic acids is 1. The van der Waals surface area contributed by atoms with Crippen LogP contribution in [0.2, 0.25) is 0 Å². The zero-order valence-electron chi connectivity index (χ0n) is 13.3. The van der Waals surface area contributed by atoms with E-state index in [4.69, 9.17) is 22.7 Å². The standard InChI is InChI=1S/C17H15N5O2S/c1-24-13-9-7-12(8-10-13)19-20-15-14(11-5-3-2-4-6-11)21-22(16(15)23)17(18)25/h2-10,19H,1H3,(H2,18,25)/b20-15+. The number of methoxy groups -OCH3 is 1. The van der Waals surface area contributed by atoms with Gasteiger partial charge in [0, 0.05) is 5.56 Å². The molecule has 126 valence electrons. The quantitative estimate of drug-likeness (QED) is 0.647. The van der Waals surface area contributed by atoms with Gasteiger partial charge in [-0.05, 0) is 36.5 Å². The third-order valence-corrected chi connectivity index (χ3v) is 3.63. The number of carbonyl (C=O) groups is 1. The van der Waals surface area contributed by atoms with E-state index < -0.39 is 5.91 Å². The molecule has 0 fully saturated rings. The summed E-state index contributed by atoms with van der Waals surface area (Å²) >= 11 is 4.88. The molecule has 0 aliphatic carbocycles. The van der Waals surface area contributed by atoms with Gasteiger partial charge in [0.1, 0.15) is 11.5 Å². The lowest BCUT2D eigenvalue weighted by molar-refractivity contribution is -0.119. The number of thiocarbonyl (C=S) groups is 1. The van der Waals surface area contributed by atoms with Crippen molar-refractivity contribution in [3.63, 3.8) is 0 Å². The molecule has 0 aromatic heterocycles. The summed E-state index contributed by atoms with van der Waals surface area (Å²) < 4.78 is 5.11. The number of benzene rings is 2. The predicted octanol–water partition coefficient (Wildman–Crippen LogP) is 1.95. The number of nitrogens with two attached hydrogens (primary N) is 1. The van der Waals surface area contributed by atoms with Crippen LogP contribution in [0.1, 0.15) is 5.56 Å². The van der Waals surface area contributed by atoms with Gasteiger partial charge in [0.2, 0.25) is 0 Å². The number of amides is 1. The van der Waals surface area contributed by atoms with Crippen molar-refractivity contribution >= 4 is 40.3 Å².